The smallest absolute Gasteiger partial charge is 0.311 e. The molecule has 0 unspecified atom stereocenters. The summed E-state index contributed by atoms with van der Waals surface area (Å²) in [5, 5.41) is 13.9. The van der Waals surface area contributed by atoms with Crippen LogP contribution < -0.4 is 10.1 Å². The van der Waals surface area contributed by atoms with Crippen molar-refractivity contribution in [3.63, 3.8) is 0 Å². The number of carbonyl (C=O) groups excluding carboxylic acids is 1. The number of fused-ring (bicyclic) bond motifs is 1. The van der Waals surface area contributed by atoms with Crippen LogP contribution in [0.2, 0.25) is 0 Å². The Morgan fingerprint density at radius 1 is 1.10 bits per heavy atom. The fourth-order valence-corrected chi connectivity index (χ4v) is 3.37. The maximum atomic E-state index is 12.5. The first-order valence-electron chi connectivity index (χ1n) is 9.47. The Labute approximate surface area is 177 Å². The predicted molar refractivity (Wildman–Crippen MR) is 117 cm³/mol. The number of rotatable bonds is 5. The van der Waals surface area contributed by atoms with Crippen LogP contribution in [0.4, 0.5) is 11.4 Å². The number of aryl methyl sites for hydroxylation is 2. The molecular formula is C23H19N3O5. The molecule has 0 bridgehead atoms. The van der Waals surface area contributed by atoms with Crippen molar-refractivity contribution in [2.45, 2.75) is 13.8 Å². The molecule has 8 nitrogen and oxygen atoms in total. The Balaban J connectivity index is 1.55. The number of carbonyl (C=O) groups is 1. The summed E-state index contributed by atoms with van der Waals surface area (Å²) in [5.41, 5.74) is 4.87. The molecule has 0 aliphatic rings. The Morgan fingerprint density at radius 3 is 2.52 bits per heavy atom. The number of hydrogen-bond acceptors (Lipinski definition) is 6. The molecule has 0 spiro atoms. The maximum absolute atomic E-state index is 12.5. The Kier molecular flexibility index (Phi) is 5.12. The molecule has 0 radical (unpaired) electrons. The third kappa shape index (κ3) is 3.95. The number of methoxy groups -OCH3 is 1. The van der Waals surface area contributed by atoms with Crippen molar-refractivity contribution in [3.05, 3.63) is 81.4 Å². The van der Waals surface area contributed by atoms with Gasteiger partial charge in [0.1, 0.15) is 5.52 Å². The second-order valence-corrected chi connectivity index (χ2v) is 7.12. The van der Waals surface area contributed by atoms with Gasteiger partial charge >= 0.3 is 5.69 Å². The minimum absolute atomic E-state index is 0.0923. The highest BCUT2D eigenvalue weighted by atomic mass is 16.6. The van der Waals surface area contributed by atoms with E-state index in [1.165, 1.54) is 25.3 Å². The molecule has 156 valence electrons. The molecule has 1 heterocycles. The van der Waals surface area contributed by atoms with Crippen LogP contribution in [0.1, 0.15) is 21.5 Å². The van der Waals surface area contributed by atoms with Crippen LogP contribution in [0.5, 0.6) is 5.75 Å². The number of anilines is 1. The zero-order valence-corrected chi connectivity index (χ0v) is 17.1. The molecular weight excluding hydrogens is 398 g/mol. The molecule has 0 saturated carbocycles. The molecule has 3 aromatic carbocycles. The van der Waals surface area contributed by atoms with Crippen molar-refractivity contribution in [1.29, 1.82) is 0 Å². The van der Waals surface area contributed by atoms with Crippen LogP contribution in [-0.4, -0.2) is 22.9 Å². The lowest BCUT2D eigenvalue weighted by Crippen LogP contribution is -2.12. The van der Waals surface area contributed by atoms with E-state index >= 15 is 0 Å². The minimum atomic E-state index is -0.589. The third-order valence-electron chi connectivity index (χ3n) is 4.85. The predicted octanol–water partition coefficient (Wildman–Crippen LogP) is 5.28. The molecule has 0 fully saturated rings. The van der Waals surface area contributed by atoms with E-state index in [1.807, 2.05) is 26.0 Å². The van der Waals surface area contributed by atoms with E-state index in [0.717, 1.165) is 27.8 Å². The zero-order valence-electron chi connectivity index (χ0n) is 17.1. The van der Waals surface area contributed by atoms with Gasteiger partial charge in [0.25, 0.3) is 5.91 Å². The quantitative estimate of drug-likeness (QED) is 0.350. The molecule has 0 atom stereocenters. The van der Waals surface area contributed by atoms with Gasteiger partial charge in [-0.1, -0.05) is 6.07 Å². The number of oxazole rings is 1. The summed E-state index contributed by atoms with van der Waals surface area (Å²) in [4.78, 5) is 27.7. The van der Waals surface area contributed by atoms with Crippen molar-refractivity contribution in [2.75, 3.05) is 12.4 Å². The van der Waals surface area contributed by atoms with Crippen molar-refractivity contribution < 1.29 is 18.9 Å². The van der Waals surface area contributed by atoms with Crippen molar-refractivity contribution in [2.24, 2.45) is 0 Å². The second kappa shape index (κ2) is 7.91. The van der Waals surface area contributed by atoms with Gasteiger partial charge in [-0.3, -0.25) is 14.9 Å². The monoisotopic (exact) mass is 417 g/mol. The summed E-state index contributed by atoms with van der Waals surface area (Å²) in [7, 11) is 1.34. The van der Waals surface area contributed by atoms with Gasteiger partial charge < -0.3 is 14.5 Å². The number of nitrogens with one attached hydrogen (secondary N) is 1. The van der Waals surface area contributed by atoms with E-state index in [-0.39, 0.29) is 17.0 Å². The SMILES string of the molecule is COc1ccc(C(=O)Nc2ccc(-c3nc4cc(C)cc(C)c4o3)cc2)cc1[N+](=O)[O-]. The highest BCUT2D eigenvalue weighted by molar-refractivity contribution is 6.05. The van der Waals surface area contributed by atoms with Crippen LogP contribution >= 0.6 is 0 Å². The number of benzene rings is 3. The zero-order chi connectivity index (χ0) is 22.1. The Morgan fingerprint density at radius 2 is 1.84 bits per heavy atom. The standard InChI is InChI=1S/C23H19N3O5/c1-13-10-14(2)21-18(11-13)25-23(31-21)15-4-7-17(8-5-15)24-22(27)16-6-9-20(30-3)19(12-16)26(28)29/h4-12H,1-3H3,(H,24,27). The van der Waals surface area contributed by atoms with Crippen molar-refractivity contribution in [3.8, 4) is 17.2 Å². The first kappa shape index (κ1) is 20.1. The van der Waals surface area contributed by atoms with E-state index < -0.39 is 10.8 Å². The number of aromatic nitrogens is 1. The first-order valence-corrected chi connectivity index (χ1v) is 9.47. The highest BCUT2D eigenvalue weighted by Gasteiger charge is 2.18. The first-order chi connectivity index (χ1) is 14.9. The van der Waals surface area contributed by atoms with Gasteiger partial charge in [-0.15, -0.1) is 0 Å². The minimum Gasteiger partial charge on any atom is -0.490 e. The molecule has 1 N–H and O–H groups in total. The van der Waals surface area contributed by atoms with Crippen LogP contribution in [0, 0.1) is 24.0 Å². The van der Waals surface area contributed by atoms with Gasteiger partial charge in [-0.2, -0.15) is 0 Å². The van der Waals surface area contributed by atoms with Crippen LogP contribution in [0.15, 0.2) is 59.0 Å². The van der Waals surface area contributed by atoms with E-state index in [1.54, 1.807) is 24.3 Å². The highest BCUT2D eigenvalue weighted by Crippen LogP contribution is 2.29. The fraction of sp³-hybridized carbons (Fsp3) is 0.130. The molecule has 1 amide bonds. The van der Waals surface area contributed by atoms with Gasteiger partial charge in [0.2, 0.25) is 5.89 Å². The van der Waals surface area contributed by atoms with Crippen molar-refractivity contribution in [1.82, 2.24) is 4.98 Å². The normalized spacial score (nSPS) is 10.8. The Bertz CT molecular complexity index is 1310. The average molecular weight is 417 g/mol. The molecule has 4 rings (SSSR count). The van der Waals surface area contributed by atoms with Crippen LogP contribution in [0.3, 0.4) is 0 Å². The molecule has 31 heavy (non-hydrogen) atoms. The van der Waals surface area contributed by atoms with Gasteiger partial charge in [-0.05, 0) is 67.4 Å². The number of nitrogens with zero attached hydrogens (tertiary/aromatic N) is 2. The molecule has 1 aromatic heterocycles. The summed E-state index contributed by atoms with van der Waals surface area (Å²) in [6, 6.07) is 15.1. The lowest BCUT2D eigenvalue weighted by molar-refractivity contribution is -0.385. The average Bonchev–Trinajstić information content (AvgIpc) is 3.18. The lowest BCUT2D eigenvalue weighted by atomic mass is 10.1. The van der Waals surface area contributed by atoms with Crippen LogP contribution in [-0.2, 0) is 0 Å². The summed E-state index contributed by atoms with van der Waals surface area (Å²) in [5.74, 6) is 0.119. The molecule has 0 saturated heterocycles. The van der Waals surface area contributed by atoms with E-state index in [2.05, 4.69) is 10.3 Å². The number of hydrogen-bond donors (Lipinski definition) is 1. The number of nitro benzene ring substituents is 1. The van der Waals surface area contributed by atoms with Crippen LogP contribution in [0.25, 0.3) is 22.6 Å². The van der Waals surface area contributed by atoms with E-state index in [0.29, 0.717) is 11.6 Å². The number of ether oxygens (including phenoxy) is 1. The fourth-order valence-electron chi connectivity index (χ4n) is 3.37. The van der Waals surface area contributed by atoms with Gasteiger partial charge in [0, 0.05) is 22.9 Å². The summed E-state index contributed by atoms with van der Waals surface area (Å²) < 4.78 is 10.9. The second-order valence-electron chi connectivity index (χ2n) is 7.12. The lowest BCUT2D eigenvalue weighted by Gasteiger charge is -2.07. The number of nitro groups is 1. The largest absolute Gasteiger partial charge is 0.490 e. The summed E-state index contributed by atoms with van der Waals surface area (Å²) in [6.07, 6.45) is 0. The van der Waals surface area contributed by atoms with Gasteiger partial charge in [0.05, 0.1) is 12.0 Å². The summed E-state index contributed by atoms with van der Waals surface area (Å²) in [6.45, 7) is 3.99. The van der Waals surface area contributed by atoms with Gasteiger partial charge in [0.15, 0.2) is 11.3 Å². The Hall–Kier alpha value is -4.20. The topological polar surface area (TPSA) is 108 Å². The van der Waals surface area contributed by atoms with Gasteiger partial charge in [-0.25, -0.2) is 4.98 Å². The van der Waals surface area contributed by atoms with E-state index in [9.17, 15) is 14.9 Å². The summed E-state index contributed by atoms with van der Waals surface area (Å²) >= 11 is 0. The number of amides is 1. The third-order valence-corrected chi connectivity index (χ3v) is 4.85. The molecule has 0 aliphatic heterocycles. The van der Waals surface area contributed by atoms with Crippen molar-refractivity contribution >= 4 is 28.4 Å². The molecule has 8 heteroatoms. The van der Waals surface area contributed by atoms with E-state index in [4.69, 9.17) is 9.15 Å². The molecule has 0 aliphatic carbocycles. The maximum Gasteiger partial charge on any atom is 0.311 e. The molecule has 4 aromatic rings.